The average molecular weight is 545 g/mol. The highest BCUT2D eigenvalue weighted by molar-refractivity contribution is 6.01. The van der Waals surface area contributed by atoms with Gasteiger partial charge in [-0.15, -0.1) is 0 Å². The number of likely N-dealkylation sites (N-methyl/N-ethyl adjacent to an activating group) is 1. The molecule has 0 atom stereocenters. The van der Waals surface area contributed by atoms with Crippen molar-refractivity contribution >= 4 is 17.1 Å². The van der Waals surface area contributed by atoms with Gasteiger partial charge in [-0.3, -0.25) is 4.79 Å². The van der Waals surface area contributed by atoms with Crippen molar-refractivity contribution in [3.8, 4) is 17.2 Å². The second kappa shape index (κ2) is 13.3. The number of carbonyl (C=O) groups excluding carboxylic acids is 1. The zero-order chi connectivity index (χ0) is 28.6. The predicted octanol–water partition coefficient (Wildman–Crippen LogP) is 5.76. The third-order valence-electron chi connectivity index (χ3n) is 7.00. The summed E-state index contributed by atoms with van der Waals surface area (Å²) in [6, 6.07) is 16.3. The van der Waals surface area contributed by atoms with E-state index in [9.17, 15) is 14.3 Å². The molecule has 2 N–H and O–H groups in total. The van der Waals surface area contributed by atoms with Crippen LogP contribution in [0.1, 0.15) is 40.7 Å². The minimum atomic E-state index is -0.256. The van der Waals surface area contributed by atoms with E-state index in [2.05, 4.69) is 5.32 Å². The van der Waals surface area contributed by atoms with E-state index in [-0.39, 0.29) is 17.5 Å². The molecular formula is C33H37FN2O4. The molecule has 0 unspecified atom stereocenters. The maximum Gasteiger partial charge on any atom is 0.245 e. The molecule has 3 aromatic rings. The van der Waals surface area contributed by atoms with Crippen LogP contribution in [0.15, 0.2) is 66.7 Å². The highest BCUT2D eigenvalue weighted by atomic mass is 19.1. The normalized spacial score (nSPS) is 13.2. The Morgan fingerprint density at radius 3 is 2.58 bits per heavy atom. The number of ether oxygens (including phenoxy) is 2. The number of phenolic OH excluding ortho intramolecular Hbond substituents is 1. The van der Waals surface area contributed by atoms with Gasteiger partial charge in [0.2, 0.25) is 5.91 Å². The van der Waals surface area contributed by atoms with Crippen molar-refractivity contribution in [1.82, 2.24) is 10.2 Å². The number of allylic oxidation sites excluding steroid dienone is 1. The lowest BCUT2D eigenvalue weighted by atomic mass is 9.86. The third kappa shape index (κ3) is 6.90. The molecule has 0 saturated carbocycles. The number of methoxy groups -OCH3 is 1. The Morgan fingerprint density at radius 1 is 1.05 bits per heavy atom. The van der Waals surface area contributed by atoms with Gasteiger partial charge < -0.3 is 24.8 Å². The Bertz CT molecular complexity index is 1430. The van der Waals surface area contributed by atoms with Crippen molar-refractivity contribution in [3.05, 3.63) is 100 Å². The summed E-state index contributed by atoms with van der Waals surface area (Å²) in [5, 5.41) is 13.4. The topological polar surface area (TPSA) is 71.0 Å². The molecule has 3 aromatic carbocycles. The first-order chi connectivity index (χ1) is 19.3. The Hall–Kier alpha value is -4.10. The monoisotopic (exact) mass is 544 g/mol. The fraction of sp³-hybridized carbons (Fsp3) is 0.303. The molecule has 1 aliphatic carbocycles. The summed E-state index contributed by atoms with van der Waals surface area (Å²) in [6.45, 7) is 3.56. The van der Waals surface area contributed by atoms with Crippen molar-refractivity contribution in [1.29, 1.82) is 0 Å². The minimum Gasteiger partial charge on any atom is -0.508 e. The average Bonchev–Trinajstić information content (AvgIpc) is 3.11. The summed E-state index contributed by atoms with van der Waals surface area (Å²) in [5.41, 5.74) is 7.04. The fourth-order valence-electron chi connectivity index (χ4n) is 5.02. The smallest absolute Gasteiger partial charge is 0.245 e. The summed E-state index contributed by atoms with van der Waals surface area (Å²) in [4.78, 5) is 13.1. The van der Waals surface area contributed by atoms with Crippen molar-refractivity contribution in [3.63, 3.8) is 0 Å². The molecule has 0 fully saturated rings. The molecule has 210 valence electrons. The number of benzene rings is 3. The molecule has 0 aliphatic heterocycles. The van der Waals surface area contributed by atoms with E-state index in [0.717, 1.165) is 58.2 Å². The molecule has 0 saturated heterocycles. The summed E-state index contributed by atoms with van der Waals surface area (Å²) < 4.78 is 25.9. The number of rotatable bonds is 10. The molecule has 1 amide bonds. The van der Waals surface area contributed by atoms with Crippen LogP contribution in [0.5, 0.6) is 17.2 Å². The number of hydrogen-bond acceptors (Lipinski definition) is 5. The van der Waals surface area contributed by atoms with Gasteiger partial charge in [0, 0.05) is 44.9 Å². The second-order valence-corrected chi connectivity index (χ2v) is 10.1. The maximum absolute atomic E-state index is 14.0. The largest absolute Gasteiger partial charge is 0.508 e. The fourth-order valence-corrected chi connectivity index (χ4v) is 5.02. The van der Waals surface area contributed by atoms with E-state index in [1.807, 2.05) is 43.3 Å². The Labute approximate surface area is 235 Å². The lowest BCUT2D eigenvalue weighted by Gasteiger charge is -2.20. The maximum atomic E-state index is 14.0. The first-order valence-electron chi connectivity index (χ1n) is 13.5. The molecule has 0 bridgehead atoms. The Balaban J connectivity index is 1.62. The van der Waals surface area contributed by atoms with Crippen LogP contribution >= 0.6 is 0 Å². The highest BCUT2D eigenvalue weighted by Gasteiger charge is 2.24. The summed E-state index contributed by atoms with van der Waals surface area (Å²) in [6.07, 6.45) is 5.87. The van der Waals surface area contributed by atoms with E-state index < -0.39 is 0 Å². The third-order valence-corrected chi connectivity index (χ3v) is 7.00. The van der Waals surface area contributed by atoms with Crippen LogP contribution in [0, 0.1) is 12.7 Å². The number of halogens is 1. The minimum absolute atomic E-state index is 0.0498. The number of hydrogen-bond donors (Lipinski definition) is 2. The van der Waals surface area contributed by atoms with Gasteiger partial charge in [-0.25, -0.2) is 4.39 Å². The van der Waals surface area contributed by atoms with E-state index in [4.69, 9.17) is 9.47 Å². The predicted molar refractivity (Wildman–Crippen MR) is 157 cm³/mol. The van der Waals surface area contributed by atoms with Crippen LogP contribution in [0.3, 0.4) is 0 Å². The van der Waals surface area contributed by atoms with Gasteiger partial charge in [-0.05, 0) is 96.0 Å². The van der Waals surface area contributed by atoms with Crippen LogP contribution in [0.4, 0.5) is 4.39 Å². The SMILES string of the molecule is COc1cc(OCCNC/C=C/C(=O)N(C)C)ccc1C1=C(c2ccc(F)cc2C)CCCc2cc(O)ccc21. The number of amides is 1. The van der Waals surface area contributed by atoms with E-state index in [1.54, 1.807) is 45.5 Å². The number of nitrogens with one attached hydrogen (secondary N) is 1. The number of nitrogens with zero attached hydrogens (tertiary/aromatic N) is 1. The van der Waals surface area contributed by atoms with E-state index >= 15 is 0 Å². The van der Waals surface area contributed by atoms with Gasteiger partial charge in [-0.2, -0.15) is 0 Å². The lowest BCUT2D eigenvalue weighted by Crippen LogP contribution is -2.22. The zero-order valence-corrected chi connectivity index (χ0v) is 23.6. The Morgan fingerprint density at radius 2 is 1.82 bits per heavy atom. The molecule has 6 nitrogen and oxygen atoms in total. The lowest BCUT2D eigenvalue weighted by molar-refractivity contribution is -0.123. The van der Waals surface area contributed by atoms with Gasteiger partial charge in [-0.1, -0.05) is 18.2 Å². The van der Waals surface area contributed by atoms with Crippen molar-refractivity contribution < 1.29 is 23.8 Å². The van der Waals surface area contributed by atoms with Crippen LogP contribution in [-0.4, -0.2) is 56.8 Å². The molecule has 0 spiro atoms. The van der Waals surface area contributed by atoms with Gasteiger partial charge in [0.15, 0.2) is 0 Å². The standard InChI is InChI=1S/C33H37FN2O4/c1-22-19-24(34)10-13-27(22)29-8-5-7-23-20-25(37)11-14-28(23)33(29)30-15-12-26(21-31(30)39-4)40-18-17-35-16-6-9-32(38)36(2)3/h6,9-15,19-21,35,37H,5,7-8,16-18H2,1-4H3/b9-6+. The van der Waals surface area contributed by atoms with Crippen LogP contribution in [0.25, 0.3) is 11.1 Å². The second-order valence-electron chi connectivity index (χ2n) is 10.1. The molecule has 0 radical (unpaired) electrons. The van der Waals surface area contributed by atoms with Crippen molar-refractivity contribution in [2.45, 2.75) is 26.2 Å². The van der Waals surface area contributed by atoms with E-state index in [1.165, 1.54) is 11.0 Å². The van der Waals surface area contributed by atoms with Crippen LogP contribution in [0.2, 0.25) is 0 Å². The molecule has 1 aliphatic rings. The highest BCUT2D eigenvalue weighted by Crippen LogP contribution is 2.44. The van der Waals surface area contributed by atoms with Gasteiger partial charge in [0.25, 0.3) is 0 Å². The number of fused-ring (bicyclic) bond motifs is 1. The zero-order valence-electron chi connectivity index (χ0n) is 23.6. The van der Waals surface area contributed by atoms with Crippen LogP contribution < -0.4 is 14.8 Å². The molecule has 7 heteroatoms. The first kappa shape index (κ1) is 28.9. The molecule has 0 heterocycles. The quantitative estimate of drug-likeness (QED) is 0.251. The van der Waals surface area contributed by atoms with Gasteiger partial charge >= 0.3 is 0 Å². The molecule has 0 aromatic heterocycles. The summed E-state index contributed by atoms with van der Waals surface area (Å²) in [5.74, 6) is 1.29. The number of aromatic hydroxyl groups is 1. The van der Waals surface area contributed by atoms with Crippen molar-refractivity contribution in [2.75, 3.05) is 40.9 Å². The van der Waals surface area contributed by atoms with Gasteiger partial charge in [0.1, 0.15) is 29.7 Å². The van der Waals surface area contributed by atoms with Crippen LogP contribution in [-0.2, 0) is 11.2 Å². The number of phenols is 1. The molecule has 40 heavy (non-hydrogen) atoms. The Kier molecular flexibility index (Phi) is 9.61. The molecule has 4 rings (SSSR count). The van der Waals surface area contributed by atoms with Crippen molar-refractivity contribution in [2.24, 2.45) is 0 Å². The number of aryl methyl sites for hydroxylation is 2. The number of carbonyl (C=O) groups is 1. The molecular weight excluding hydrogens is 507 g/mol. The first-order valence-corrected chi connectivity index (χ1v) is 13.5. The summed E-state index contributed by atoms with van der Waals surface area (Å²) >= 11 is 0. The summed E-state index contributed by atoms with van der Waals surface area (Å²) in [7, 11) is 5.07. The van der Waals surface area contributed by atoms with E-state index in [0.29, 0.717) is 31.2 Å². The van der Waals surface area contributed by atoms with Gasteiger partial charge in [0.05, 0.1) is 7.11 Å².